The van der Waals surface area contributed by atoms with Crippen LogP contribution in [0, 0.1) is 0 Å². The Balaban J connectivity index is 2.66. The van der Waals surface area contributed by atoms with Gasteiger partial charge in [-0.05, 0) is 25.0 Å². The van der Waals surface area contributed by atoms with Crippen molar-refractivity contribution in [2.45, 2.75) is 26.6 Å². The number of esters is 1. The van der Waals surface area contributed by atoms with Crippen molar-refractivity contribution in [1.82, 2.24) is 0 Å². The van der Waals surface area contributed by atoms with Crippen LogP contribution >= 0.6 is 0 Å². The number of carbonyl (C=O) groups excluding carboxylic acids is 1. The van der Waals surface area contributed by atoms with E-state index < -0.39 is 6.29 Å². The maximum Gasteiger partial charge on any atom is 0.341 e. The van der Waals surface area contributed by atoms with E-state index in [1.165, 1.54) is 0 Å². The van der Waals surface area contributed by atoms with E-state index in [1.54, 1.807) is 25.1 Å². The molecule has 92 valence electrons. The summed E-state index contributed by atoms with van der Waals surface area (Å²) in [7, 11) is 0. The molecule has 1 rings (SSSR count). The SMILES string of the molecule is C=Cc1ccccc1C(=O)OC(C)OCCC. The minimum absolute atomic E-state index is 0.385. The first-order valence-corrected chi connectivity index (χ1v) is 5.73. The Kier molecular flexibility index (Phi) is 5.43. The molecular formula is C14H18O3. The third-order valence-corrected chi connectivity index (χ3v) is 2.23. The van der Waals surface area contributed by atoms with Crippen LogP contribution in [-0.2, 0) is 9.47 Å². The second-order valence-electron chi connectivity index (χ2n) is 3.64. The predicted molar refractivity (Wildman–Crippen MR) is 67.7 cm³/mol. The Bertz CT molecular complexity index is 385. The molecule has 0 aliphatic carbocycles. The smallest absolute Gasteiger partial charge is 0.341 e. The molecule has 0 heterocycles. The minimum Gasteiger partial charge on any atom is -0.432 e. The Morgan fingerprint density at radius 2 is 2.18 bits per heavy atom. The van der Waals surface area contributed by atoms with Crippen LogP contribution in [0.4, 0.5) is 0 Å². The molecular weight excluding hydrogens is 216 g/mol. The lowest BCUT2D eigenvalue weighted by Gasteiger charge is -2.14. The van der Waals surface area contributed by atoms with Gasteiger partial charge in [0.2, 0.25) is 0 Å². The number of hydrogen-bond donors (Lipinski definition) is 0. The quantitative estimate of drug-likeness (QED) is 0.560. The van der Waals surface area contributed by atoms with Crippen LogP contribution < -0.4 is 0 Å². The van der Waals surface area contributed by atoms with E-state index in [1.807, 2.05) is 19.1 Å². The lowest BCUT2D eigenvalue weighted by Crippen LogP contribution is -2.19. The van der Waals surface area contributed by atoms with Crippen molar-refractivity contribution in [1.29, 1.82) is 0 Å². The van der Waals surface area contributed by atoms with Gasteiger partial charge in [0.05, 0.1) is 12.2 Å². The molecule has 1 aromatic carbocycles. The second-order valence-corrected chi connectivity index (χ2v) is 3.64. The summed E-state index contributed by atoms with van der Waals surface area (Å²) in [5.41, 5.74) is 1.27. The van der Waals surface area contributed by atoms with Crippen LogP contribution in [0.5, 0.6) is 0 Å². The fraction of sp³-hybridized carbons (Fsp3) is 0.357. The first kappa shape index (κ1) is 13.5. The average molecular weight is 234 g/mol. The van der Waals surface area contributed by atoms with Gasteiger partial charge in [-0.25, -0.2) is 4.79 Å². The molecule has 0 aliphatic heterocycles. The number of benzene rings is 1. The van der Waals surface area contributed by atoms with Gasteiger partial charge in [-0.3, -0.25) is 0 Å². The minimum atomic E-state index is -0.527. The van der Waals surface area contributed by atoms with Gasteiger partial charge in [-0.2, -0.15) is 0 Å². The van der Waals surface area contributed by atoms with Gasteiger partial charge >= 0.3 is 5.97 Å². The average Bonchev–Trinajstić information content (AvgIpc) is 2.36. The topological polar surface area (TPSA) is 35.5 Å². The molecule has 0 N–H and O–H groups in total. The van der Waals surface area contributed by atoms with Crippen LogP contribution in [0.25, 0.3) is 6.08 Å². The van der Waals surface area contributed by atoms with Crippen molar-refractivity contribution < 1.29 is 14.3 Å². The van der Waals surface area contributed by atoms with Gasteiger partial charge in [0.1, 0.15) is 0 Å². The number of ether oxygens (including phenoxy) is 2. The molecule has 0 spiro atoms. The van der Waals surface area contributed by atoms with E-state index in [9.17, 15) is 4.79 Å². The van der Waals surface area contributed by atoms with Gasteiger partial charge in [-0.15, -0.1) is 0 Å². The fourth-order valence-corrected chi connectivity index (χ4v) is 1.39. The Morgan fingerprint density at radius 3 is 2.82 bits per heavy atom. The Morgan fingerprint density at radius 1 is 1.47 bits per heavy atom. The number of hydrogen-bond acceptors (Lipinski definition) is 3. The molecule has 1 atom stereocenters. The lowest BCUT2D eigenvalue weighted by molar-refractivity contribution is -0.0977. The van der Waals surface area contributed by atoms with Gasteiger partial charge in [0, 0.05) is 0 Å². The highest BCUT2D eigenvalue weighted by Gasteiger charge is 2.14. The Labute approximate surface area is 102 Å². The van der Waals surface area contributed by atoms with E-state index in [4.69, 9.17) is 9.47 Å². The largest absolute Gasteiger partial charge is 0.432 e. The number of rotatable bonds is 6. The summed E-state index contributed by atoms with van der Waals surface area (Å²) < 4.78 is 10.5. The summed E-state index contributed by atoms with van der Waals surface area (Å²) in [5, 5.41) is 0. The molecule has 3 heteroatoms. The van der Waals surface area contributed by atoms with Gasteiger partial charge < -0.3 is 9.47 Å². The first-order valence-electron chi connectivity index (χ1n) is 5.73. The van der Waals surface area contributed by atoms with Crippen LogP contribution in [-0.4, -0.2) is 18.9 Å². The van der Waals surface area contributed by atoms with Crippen molar-refractivity contribution in [2.24, 2.45) is 0 Å². The van der Waals surface area contributed by atoms with Gasteiger partial charge in [0.15, 0.2) is 6.29 Å². The molecule has 0 saturated carbocycles. The van der Waals surface area contributed by atoms with Crippen molar-refractivity contribution in [3.63, 3.8) is 0 Å². The fourth-order valence-electron chi connectivity index (χ4n) is 1.39. The molecule has 1 unspecified atom stereocenters. The zero-order chi connectivity index (χ0) is 12.7. The highest BCUT2D eigenvalue weighted by atomic mass is 16.7. The van der Waals surface area contributed by atoms with E-state index >= 15 is 0 Å². The van der Waals surface area contributed by atoms with E-state index in [0.717, 1.165) is 12.0 Å². The van der Waals surface area contributed by atoms with Crippen molar-refractivity contribution in [3.8, 4) is 0 Å². The molecule has 0 aromatic heterocycles. The molecule has 0 amide bonds. The van der Waals surface area contributed by atoms with Crippen LogP contribution in [0.3, 0.4) is 0 Å². The standard InChI is InChI=1S/C14H18O3/c1-4-10-16-11(3)17-14(15)13-9-7-6-8-12(13)5-2/h5-9,11H,2,4,10H2,1,3H3. The molecule has 0 bridgehead atoms. The van der Waals surface area contributed by atoms with E-state index in [2.05, 4.69) is 6.58 Å². The summed E-state index contributed by atoms with van der Waals surface area (Å²) in [4.78, 5) is 11.8. The summed E-state index contributed by atoms with van der Waals surface area (Å²) in [5.74, 6) is -0.385. The third-order valence-electron chi connectivity index (χ3n) is 2.23. The first-order chi connectivity index (χ1) is 8.19. The van der Waals surface area contributed by atoms with Crippen LogP contribution in [0.1, 0.15) is 36.2 Å². The Hall–Kier alpha value is -1.61. The summed E-state index contributed by atoms with van der Waals surface area (Å²) in [6.45, 7) is 7.96. The lowest BCUT2D eigenvalue weighted by atomic mass is 10.1. The highest BCUT2D eigenvalue weighted by molar-refractivity contribution is 5.93. The van der Waals surface area contributed by atoms with Gasteiger partial charge in [0.25, 0.3) is 0 Å². The molecule has 1 aromatic rings. The molecule has 3 nitrogen and oxygen atoms in total. The molecule has 0 aliphatic rings. The zero-order valence-electron chi connectivity index (χ0n) is 10.3. The summed E-state index contributed by atoms with van der Waals surface area (Å²) >= 11 is 0. The second kappa shape index (κ2) is 6.86. The summed E-state index contributed by atoms with van der Waals surface area (Å²) in [6.07, 6.45) is 2.00. The summed E-state index contributed by atoms with van der Waals surface area (Å²) in [6, 6.07) is 7.18. The van der Waals surface area contributed by atoms with Crippen molar-refractivity contribution in [3.05, 3.63) is 42.0 Å². The molecule has 17 heavy (non-hydrogen) atoms. The molecule has 0 fully saturated rings. The normalized spacial score (nSPS) is 11.9. The predicted octanol–water partition coefficient (Wildman–Crippen LogP) is 3.26. The number of carbonyl (C=O) groups is 1. The maximum atomic E-state index is 11.8. The highest BCUT2D eigenvalue weighted by Crippen LogP contribution is 2.12. The monoisotopic (exact) mass is 234 g/mol. The zero-order valence-corrected chi connectivity index (χ0v) is 10.3. The van der Waals surface area contributed by atoms with E-state index in [0.29, 0.717) is 12.2 Å². The van der Waals surface area contributed by atoms with E-state index in [-0.39, 0.29) is 5.97 Å². The maximum absolute atomic E-state index is 11.8. The van der Waals surface area contributed by atoms with Gasteiger partial charge in [-0.1, -0.05) is 37.8 Å². The molecule has 0 saturated heterocycles. The van der Waals surface area contributed by atoms with Crippen molar-refractivity contribution >= 4 is 12.0 Å². The van der Waals surface area contributed by atoms with Crippen LogP contribution in [0.15, 0.2) is 30.8 Å². The molecule has 0 radical (unpaired) electrons. The third kappa shape index (κ3) is 4.04. The van der Waals surface area contributed by atoms with Crippen LogP contribution in [0.2, 0.25) is 0 Å². The van der Waals surface area contributed by atoms with Crippen molar-refractivity contribution in [2.75, 3.05) is 6.61 Å².